The summed E-state index contributed by atoms with van der Waals surface area (Å²) in [6.45, 7) is 0. The van der Waals surface area contributed by atoms with E-state index in [0.29, 0.717) is 22.6 Å². The molecule has 0 aromatic heterocycles. The maximum absolute atomic E-state index is 9.51. The lowest BCUT2D eigenvalue weighted by Crippen LogP contribution is -1.93. The number of hydrogen-bond acceptors (Lipinski definition) is 2. The van der Waals surface area contributed by atoms with Crippen LogP contribution in [0.25, 0.3) is 0 Å². The molecular formula is C2H3AlO2. The third-order valence-corrected chi connectivity index (χ3v) is 0.402. The van der Waals surface area contributed by atoms with Gasteiger partial charge in [0, 0.05) is 0 Å². The summed E-state index contributed by atoms with van der Waals surface area (Å²) >= 11 is 0.363. The van der Waals surface area contributed by atoms with Gasteiger partial charge in [-0.3, -0.25) is 4.79 Å². The number of rotatable bonds is 1. The predicted octanol–water partition coefficient (Wildman–Crippen LogP) is -1.66. The van der Waals surface area contributed by atoms with Gasteiger partial charge in [0.25, 0.3) is 0 Å². The first-order valence-corrected chi connectivity index (χ1v) is 2.23. The monoisotopic (exact) mass is 86.0 g/mol. The van der Waals surface area contributed by atoms with E-state index in [1.165, 1.54) is 0 Å². The molecule has 0 atom stereocenters. The Hall–Kier alpha value is -0.128. The predicted molar refractivity (Wildman–Crippen MR) is 19.6 cm³/mol. The fourth-order valence-electron chi connectivity index (χ4n) is 0. The van der Waals surface area contributed by atoms with E-state index in [1.807, 2.05) is 0 Å². The lowest BCUT2D eigenvalue weighted by Gasteiger charge is -1.57. The van der Waals surface area contributed by atoms with Crippen molar-refractivity contribution in [2.45, 2.75) is 0 Å². The van der Waals surface area contributed by atoms with Gasteiger partial charge in [-0.05, 0) is 0 Å². The highest BCUT2D eigenvalue weighted by Crippen LogP contribution is 1.38. The van der Waals surface area contributed by atoms with Crippen molar-refractivity contribution < 1.29 is 9.59 Å². The molecule has 0 unspecified atom stereocenters. The van der Waals surface area contributed by atoms with Crippen LogP contribution in [0, 0.1) is 0 Å². The second-order valence-electron chi connectivity index (χ2n) is 0.729. The van der Waals surface area contributed by atoms with Gasteiger partial charge >= 0.3 is 16.3 Å². The Bertz CT molecular complexity index is 58.7. The molecule has 0 aromatic rings. The summed E-state index contributed by atoms with van der Waals surface area (Å²) in [7, 11) is 0. The van der Waals surface area contributed by atoms with Gasteiger partial charge < -0.3 is 4.79 Å². The third-order valence-electron chi connectivity index (χ3n) is 0.166. The molecule has 0 radical (unpaired) electrons. The molecular weight excluding hydrogens is 83.0 g/mol. The Morgan fingerprint density at radius 1 is 1.80 bits per heavy atom. The number of aldehydes is 1. The number of carbonyl (C=O) groups is 2. The average molecular weight is 86.0 g/mol. The van der Waals surface area contributed by atoms with Gasteiger partial charge in [0.1, 0.15) is 0 Å². The molecule has 3 heteroatoms. The standard InChI is InChI=1S/C2HO2.Al.2H/c3-1-2-4;;;/h1H;;;. The summed E-state index contributed by atoms with van der Waals surface area (Å²) in [5.41, 5.74) is 0. The Morgan fingerprint density at radius 2 is 2.00 bits per heavy atom. The zero-order valence-electron chi connectivity index (χ0n) is 2.89. The van der Waals surface area contributed by atoms with Crippen molar-refractivity contribution in [3.63, 3.8) is 0 Å². The van der Waals surface area contributed by atoms with Crippen LogP contribution in [0.5, 0.6) is 0 Å². The van der Waals surface area contributed by atoms with Gasteiger partial charge in [0.15, 0.2) is 6.29 Å². The largest absolute Gasteiger partial charge is 0.332 e. The average Bonchev–Trinajstić information content (AvgIpc) is 1.38. The molecule has 0 rings (SSSR count). The summed E-state index contributed by atoms with van der Waals surface area (Å²) in [4.78, 5) is 18.7. The summed E-state index contributed by atoms with van der Waals surface area (Å²) in [6, 6.07) is 0. The highest BCUT2D eigenvalue weighted by atomic mass is 27.0. The Balaban J connectivity index is 3.20. The summed E-state index contributed by atoms with van der Waals surface area (Å²) < 4.78 is -0.287. The molecule has 26 valence electrons. The lowest BCUT2D eigenvalue weighted by molar-refractivity contribution is -0.124. The Labute approximate surface area is 37.6 Å². The van der Waals surface area contributed by atoms with Crippen molar-refractivity contribution in [3.8, 4) is 0 Å². The van der Waals surface area contributed by atoms with E-state index in [4.69, 9.17) is 0 Å². The van der Waals surface area contributed by atoms with Gasteiger partial charge in [-0.25, -0.2) is 0 Å². The smallest absolute Gasteiger partial charge is 0.314 e. The van der Waals surface area contributed by atoms with E-state index < -0.39 is 0 Å². The van der Waals surface area contributed by atoms with Crippen molar-refractivity contribution in [1.82, 2.24) is 0 Å². The van der Waals surface area contributed by atoms with Gasteiger partial charge in [-0.15, -0.1) is 0 Å². The van der Waals surface area contributed by atoms with Crippen LogP contribution in [-0.2, 0) is 9.59 Å². The first kappa shape index (κ1) is 4.87. The second-order valence-corrected chi connectivity index (χ2v) is 1.71. The van der Waals surface area contributed by atoms with Crippen molar-refractivity contribution in [2.24, 2.45) is 0 Å². The minimum absolute atomic E-state index is 0.287. The molecule has 0 saturated heterocycles. The highest BCUT2D eigenvalue weighted by molar-refractivity contribution is 6.72. The van der Waals surface area contributed by atoms with E-state index >= 15 is 0 Å². The van der Waals surface area contributed by atoms with Crippen LogP contribution in [0.2, 0.25) is 0 Å². The molecule has 0 saturated carbocycles. The number of hydrogen-bond donors (Lipinski definition) is 0. The van der Waals surface area contributed by atoms with Gasteiger partial charge in [-0.1, -0.05) is 0 Å². The third kappa shape index (κ3) is 3.87. The van der Waals surface area contributed by atoms with E-state index in [1.54, 1.807) is 0 Å². The molecule has 0 aliphatic heterocycles. The van der Waals surface area contributed by atoms with E-state index in [0.717, 1.165) is 0 Å². The van der Waals surface area contributed by atoms with Gasteiger partial charge in [0.2, 0.25) is 0 Å². The van der Waals surface area contributed by atoms with Crippen molar-refractivity contribution >= 4 is 27.2 Å². The quantitative estimate of drug-likeness (QED) is 0.217. The van der Waals surface area contributed by atoms with Crippen LogP contribution in [0.3, 0.4) is 0 Å². The fraction of sp³-hybridized carbons (Fsp3) is 0. The first-order valence-electron chi connectivity index (χ1n) is 1.23. The molecule has 0 spiro atoms. The number of carbonyl (C=O) groups excluding carboxylic acids is 2. The maximum Gasteiger partial charge on any atom is 0.332 e. The highest BCUT2D eigenvalue weighted by Gasteiger charge is 1.77. The molecule has 5 heavy (non-hydrogen) atoms. The van der Waals surface area contributed by atoms with Crippen LogP contribution in [-0.4, -0.2) is 27.2 Å². The van der Waals surface area contributed by atoms with Crippen LogP contribution in [0.4, 0.5) is 0 Å². The molecule has 2 nitrogen and oxygen atoms in total. The van der Waals surface area contributed by atoms with E-state index in [-0.39, 0.29) is 4.65 Å². The molecule has 0 heterocycles. The zero-order valence-corrected chi connectivity index (χ0v) is 4.89. The summed E-state index contributed by atoms with van der Waals surface area (Å²) in [5.74, 6) is 0. The van der Waals surface area contributed by atoms with E-state index in [9.17, 15) is 9.59 Å². The SMILES string of the molecule is O=C[C](=O)[AlH2]. The molecule has 0 amide bonds. The van der Waals surface area contributed by atoms with E-state index in [2.05, 4.69) is 0 Å². The summed E-state index contributed by atoms with van der Waals surface area (Å²) in [6.07, 6.45) is 0.340. The lowest BCUT2D eigenvalue weighted by atomic mass is 10.9. The summed E-state index contributed by atoms with van der Waals surface area (Å²) in [5, 5.41) is 0. The maximum atomic E-state index is 9.51. The minimum atomic E-state index is -0.287. The molecule has 0 N–H and O–H groups in total. The van der Waals surface area contributed by atoms with Crippen LogP contribution in [0.15, 0.2) is 0 Å². The van der Waals surface area contributed by atoms with Crippen LogP contribution in [0.1, 0.15) is 0 Å². The Kier molecular flexibility index (Phi) is 2.08. The molecule has 0 aliphatic rings. The van der Waals surface area contributed by atoms with Crippen molar-refractivity contribution in [2.75, 3.05) is 0 Å². The second kappa shape index (κ2) is 2.13. The fourth-order valence-corrected chi connectivity index (χ4v) is 0. The minimum Gasteiger partial charge on any atom is -0.314 e. The van der Waals surface area contributed by atoms with Crippen LogP contribution < -0.4 is 0 Å². The van der Waals surface area contributed by atoms with Crippen molar-refractivity contribution in [1.29, 1.82) is 0 Å². The molecule has 0 bridgehead atoms. The van der Waals surface area contributed by atoms with Gasteiger partial charge in [-0.2, -0.15) is 0 Å². The van der Waals surface area contributed by atoms with Crippen molar-refractivity contribution in [3.05, 3.63) is 0 Å². The topological polar surface area (TPSA) is 34.1 Å². The van der Waals surface area contributed by atoms with Crippen LogP contribution >= 0.6 is 0 Å². The Morgan fingerprint density at radius 3 is 2.00 bits per heavy atom. The normalized spacial score (nSPS) is 6.40. The molecule has 0 aliphatic carbocycles. The molecule has 0 aromatic carbocycles. The molecule has 0 fully saturated rings. The first-order chi connectivity index (χ1) is 2.27. The zero-order chi connectivity index (χ0) is 4.28. The van der Waals surface area contributed by atoms with Gasteiger partial charge in [0.05, 0.1) is 4.65 Å².